The van der Waals surface area contributed by atoms with Crippen molar-refractivity contribution in [2.24, 2.45) is 0 Å². The van der Waals surface area contributed by atoms with E-state index in [1.54, 1.807) is 12.1 Å². The van der Waals surface area contributed by atoms with Crippen LogP contribution in [0.2, 0.25) is 10.0 Å². The van der Waals surface area contributed by atoms with Crippen LogP contribution in [0.1, 0.15) is 27.9 Å². The Morgan fingerprint density at radius 2 is 1.75 bits per heavy atom. The topological polar surface area (TPSA) is 64.6 Å². The molecule has 10 heteroatoms. The minimum Gasteiger partial charge on any atom is -0.493 e. The van der Waals surface area contributed by atoms with Gasteiger partial charge in [-0.05, 0) is 48.2 Å². The first-order chi connectivity index (χ1) is 17.2. The van der Waals surface area contributed by atoms with Crippen molar-refractivity contribution in [1.82, 2.24) is 5.32 Å². The highest BCUT2D eigenvalue weighted by Gasteiger charge is 2.29. The molecule has 0 aliphatic carbocycles. The standard InChI is InChI=1S/C26H20Cl2F3NO4/c1-35-26(34)21(32-25(33)23-19(30)5-2-6-20(23)31)10-13-7-8-15(16-4-3-9-36-24(13)16)22-17(27)11-14(29)12-18(22)28/h2,5-8,11-12,21H,3-4,9-10H2,1H3,(H,32,33)/t21-/m0/s1. The first kappa shape index (κ1) is 25.9. The van der Waals surface area contributed by atoms with Crippen LogP contribution in [-0.4, -0.2) is 31.6 Å². The molecule has 0 bridgehead atoms. The van der Waals surface area contributed by atoms with E-state index in [1.807, 2.05) is 0 Å². The first-order valence-electron chi connectivity index (χ1n) is 11.0. The summed E-state index contributed by atoms with van der Waals surface area (Å²) in [7, 11) is 1.14. The molecule has 0 unspecified atom stereocenters. The van der Waals surface area contributed by atoms with Gasteiger partial charge in [-0.3, -0.25) is 4.79 Å². The fourth-order valence-corrected chi connectivity index (χ4v) is 4.89. The van der Waals surface area contributed by atoms with E-state index in [2.05, 4.69) is 5.32 Å². The second-order valence-electron chi connectivity index (χ2n) is 8.13. The molecule has 1 atom stereocenters. The summed E-state index contributed by atoms with van der Waals surface area (Å²) in [4.78, 5) is 25.1. The molecule has 1 amide bonds. The molecule has 0 fully saturated rings. The smallest absolute Gasteiger partial charge is 0.328 e. The summed E-state index contributed by atoms with van der Waals surface area (Å²) in [6, 6.07) is 7.47. The van der Waals surface area contributed by atoms with Crippen LogP contribution in [0.4, 0.5) is 13.2 Å². The lowest BCUT2D eigenvalue weighted by Crippen LogP contribution is -2.43. The van der Waals surface area contributed by atoms with Crippen LogP contribution in [-0.2, 0) is 22.4 Å². The lowest BCUT2D eigenvalue weighted by Gasteiger charge is -2.26. The minimum atomic E-state index is -1.26. The zero-order chi connectivity index (χ0) is 26.0. The molecule has 188 valence electrons. The maximum absolute atomic E-state index is 14.1. The normalized spacial score (nSPS) is 13.4. The maximum atomic E-state index is 14.1. The van der Waals surface area contributed by atoms with E-state index in [0.29, 0.717) is 41.9 Å². The van der Waals surface area contributed by atoms with Crippen molar-refractivity contribution in [3.63, 3.8) is 0 Å². The Balaban J connectivity index is 1.71. The summed E-state index contributed by atoms with van der Waals surface area (Å²) >= 11 is 12.6. The molecule has 36 heavy (non-hydrogen) atoms. The third kappa shape index (κ3) is 5.15. The van der Waals surface area contributed by atoms with E-state index in [-0.39, 0.29) is 16.5 Å². The van der Waals surface area contributed by atoms with Gasteiger partial charge in [-0.1, -0.05) is 41.4 Å². The molecule has 3 aromatic rings. The number of benzene rings is 3. The molecule has 1 N–H and O–H groups in total. The molecule has 0 saturated heterocycles. The number of halogens is 5. The van der Waals surface area contributed by atoms with Gasteiger partial charge in [0.1, 0.15) is 34.8 Å². The molecule has 0 spiro atoms. The molecule has 4 rings (SSSR count). The van der Waals surface area contributed by atoms with Crippen molar-refractivity contribution in [1.29, 1.82) is 0 Å². The number of carbonyl (C=O) groups excluding carboxylic acids is 2. The van der Waals surface area contributed by atoms with Crippen LogP contribution in [0.5, 0.6) is 5.75 Å². The van der Waals surface area contributed by atoms with Gasteiger partial charge in [-0.15, -0.1) is 0 Å². The Morgan fingerprint density at radius 1 is 1.08 bits per heavy atom. The number of amides is 1. The number of fused-ring (bicyclic) bond motifs is 1. The van der Waals surface area contributed by atoms with Crippen LogP contribution in [0.3, 0.4) is 0 Å². The van der Waals surface area contributed by atoms with Crippen LogP contribution in [0.15, 0.2) is 42.5 Å². The van der Waals surface area contributed by atoms with Gasteiger partial charge < -0.3 is 14.8 Å². The number of hydrogen-bond donors (Lipinski definition) is 1. The second kappa shape index (κ2) is 10.8. The van der Waals surface area contributed by atoms with Crippen LogP contribution >= 0.6 is 23.2 Å². The Hall–Kier alpha value is -3.23. The number of carbonyl (C=O) groups is 2. The van der Waals surface area contributed by atoms with E-state index in [1.165, 1.54) is 0 Å². The van der Waals surface area contributed by atoms with Gasteiger partial charge >= 0.3 is 5.97 Å². The fourth-order valence-electron chi connectivity index (χ4n) is 4.22. The molecule has 0 aromatic heterocycles. The monoisotopic (exact) mass is 537 g/mol. The molecule has 1 heterocycles. The van der Waals surface area contributed by atoms with Crippen molar-refractivity contribution < 1.29 is 32.2 Å². The average Bonchev–Trinajstić information content (AvgIpc) is 2.83. The van der Waals surface area contributed by atoms with Gasteiger partial charge in [0.25, 0.3) is 5.91 Å². The predicted molar refractivity (Wildman–Crippen MR) is 129 cm³/mol. The highest BCUT2D eigenvalue weighted by atomic mass is 35.5. The molecule has 0 saturated carbocycles. The number of ether oxygens (including phenoxy) is 2. The van der Waals surface area contributed by atoms with Gasteiger partial charge in [0, 0.05) is 17.5 Å². The van der Waals surface area contributed by atoms with Crippen molar-refractivity contribution in [2.45, 2.75) is 25.3 Å². The highest BCUT2D eigenvalue weighted by molar-refractivity contribution is 6.39. The summed E-state index contributed by atoms with van der Waals surface area (Å²) in [6.45, 7) is 0.407. The third-order valence-corrected chi connectivity index (χ3v) is 6.44. The van der Waals surface area contributed by atoms with Gasteiger partial charge in [0.15, 0.2) is 0 Å². The Kier molecular flexibility index (Phi) is 7.76. The Morgan fingerprint density at radius 3 is 2.39 bits per heavy atom. The summed E-state index contributed by atoms with van der Waals surface area (Å²) < 4.78 is 52.7. The summed E-state index contributed by atoms with van der Waals surface area (Å²) in [5.41, 5.74) is 1.59. The molecule has 5 nitrogen and oxygen atoms in total. The minimum absolute atomic E-state index is 0.0814. The van der Waals surface area contributed by atoms with E-state index in [0.717, 1.165) is 43.0 Å². The number of esters is 1. The van der Waals surface area contributed by atoms with Crippen molar-refractivity contribution in [2.75, 3.05) is 13.7 Å². The van der Waals surface area contributed by atoms with Crippen LogP contribution < -0.4 is 10.1 Å². The van der Waals surface area contributed by atoms with Crippen molar-refractivity contribution >= 4 is 35.1 Å². The largest absolute Gasteiger partial charge is 0.493 e. The van der Waals surface area contributed by atoms with Gasteiger partial charge in [0.2, 0.25) is 0 Å². The molecular weight excluding hydrogens is 518 g/mol. The lowest BCUT2D eigenvalue weighted by molar-refractivity contribution is -0.142. The maximum Gasteiger partial charge on any atom is 0.328 e. The van der Waals surface area contributed by atoms with E-state index in [4.69, 9.17) is 32.7 Å². The van der Waals surface area contributed by atoms with Gasteiger partial charge in [-0.25, -0.2) is 18.0 Å². The number of methoxy groups -OCH3 is 1. The van der Waals surface area contributed by atoms with E-state index >= 15 is 0 Å². The fraction of sp³-hybridized carbons (Fsp3) is 0.231. The highest BCUT2D eigenvalue weighted by Crippen LogP contribution is 2.43. The number of hydrogen-bond acceptors (Lipinski definition) is 4. The lowest BCUT2D eigenvalue weighted by atomic mass is 9.90. The number of nitrogens with one attached hydrogen (secondary N) is 1. The van der Waals surface area contributed by atoms with Crippen molar-refractivity contribution in [3.8, 4) is 16.9 Å². The summed E-state index contributed by atoms with van der Waals surface area (Å²) in [5, 5.41) is 2.62. The van der Waals surface area contributed by atoms with E-state index in [9.17, 15) is 22.8 Å². The summed E-state index contributed by atoms with van der Waals surface area (Å²) in [6.07, 6.45) is 1.21. The first-order valence-corrected chi connectivity index (χ1v) is 11.7. The predicted octanol–water partition coefficient (Wildman–Crippen LogP) is 5.92. The zero-order valence-corrected chi connectivity index (χ0v) is 20.5. The molecule has 0 radical (unpaired) electrons. The molecule has 3 aromatic carbocycles. The second-order valence-corrected chi connectivity index (χ2v) is 8.94. The van der Waals surface area contributed by atoms with Crippen molar-refractivity contribution in [3.05, 3.63) is 86.7 Å². The average molecular weight is 538 g/mol. The van der Waals surface area contributed by atoms with E-state index < -0.39 is 40.9 Å². The van der Waals surface area contributed by atoms with Gasteiger partial charge in [0.05, 0.1) is 23.8 Å². The van der Waals surface area contributed by atoms with Crippen LogP contribution in [0, 0.1) is 17.5 Å². The number of rotatable bonds is 6. The summed E-state index contributed by atoms with van der Waals surface area (Å²) in [5.74, 6) is -4.13. The third-order valence-electron chi connectivity index (χ3n) is 5.84. The Bertz CT molecular complexity index is 1310. The molecule has 1 aliphatic rings. The molecular formula is C26H20Cl2F3NO4. The van der Waals surface area contributed by atoms with Crippen LogP contribution in [0.25, 0.3) is 11.1 Å². The molecule has 1 aliphatic heterocycles. The van der Waals surface area contributed by atoms with Gasteiger partial charge in [-0.2, -0.15) is 0 Å². The Labute approximate surface area is 215 Å². The SMILES string of the molecule is COC(=O)[C@H](Cc1ccc(-c2c(Cl)cc(F)cc2Cl)c2c1OCCC2)NC(=O)c1c(F)cccc1F. The quantitative estimate of drug-likeness (QED) is 0.396. The zero-order valence-electron chi connectivity index (χ0n) is 19.0.